The molecule has 2 saturated heterocycles. The number of nitrogens with one attached hydrogen (secondary N) is 1. The molecule has 10 nitrogen and oxygen atoms in total. The molecule has 10 heteroatoms. The van der Waals surface area contributed by atoms with Gasteiger partial charge < -0.3 is 23.7 Å². The molecule has 1 N–H and O–H groups in total. The van der Waals surface area contributed by atoms with Crippen LogP contribution in [0.3, 0.4) is 0 Å². The molecule has 242 valence electrons. The van der Waals surface area contributed by atoms with Crippen molar-refractivity contribution >= 4 is 23.8 Å². The van der Waals surface area contributed by atoms with Crippen molar-refractivity contribution in [3.63, 3.8) is 0 Å². The predicted octanol–water partition coefficient (Wildman–Crippen LogP) is 3.82. The van der Waals surface area contributed by atoms with Crippen molar-refractivity contribution < 1.29 is 42.9 Å². The molecule has 4 atom stereocenters. The van der Waals surface area contributed by atoms with E-state index in [2.05, 4.69) is 29.0 Å². The van der Waals surface area contributed by atoms with Crippen molar-refractivity contribution in [2.45, 2.75) is 24.5 Å². The van der Waals surface area contributed by atoms with Gasteiger partial charge in [0.25, 0.3) is 0 Å². The smallest absolute Gasteiger partial charge is 0.337 e. The third-order valence-corrected chi connectivity index (χ3v) is 8.56. The first kappa shape index (κ1) is 32.1. The van der Waals surface area contributed by atoms with Crippen LogP contribution in [0.1, 0.15) is 55.8 Å². The molecule has 3 aromatic rings. The molecular weight excluding hydrogens is 614 g/mol. The van der Waals surface area contributed by atoms with E-state index in [4.69, 9.17) is 23.7 Å². The molecule has 0 radical (unpaired) electrons. The molecule has 3 aromatic carbocycles. The van der Waals surface area contributed by atoms with Crippen LogP contribution in [-0.4, -0.2) is 63.4 Å². The summed E-state index contributed by atoms with van der Waals surface area (Å²) in [5.41, 5.74) is 2.45. The summed E-state index contributed by atoms with van der Waals surface area (Å²) < 4.78 is 27.6. The molecule has 3 aliphatic rings. The Balaban J connectivity index is 1.25. The zero-order valence-electron chi connectivity index (χ0n) is 26.5. The summed E-state index contributed by atoms with van der Waals surface area (Å²) >= 11 is 0. The van der Waals surface area contributed by atoms with Gasteiger partial charge in [0, 0.05) is 23.3 Å². The lowest BCUT2D eigenvalue weighted by Crippen LogP contribution is -2.39. The van der Waals surface area contributed by atoms with Gasteiger partial charge in [0.15, 0.2) is 0 Å². The van der Waals surface area contributed by atoms with Crippen LogP contribution in [0.4, 0.5) is 0 Å². The molecule has 3 heterocycles. The van der Waals surface area contributed by atoms with Gasteiger partial charge in [-0.05, 0) is 61.4 Å². The average molecular weight is 646 g/mol. The number of carbonyl (C=O) groups is 4. The van der Waals surface area contributed by atoms with Gasteiger partial charge in [-0.15, -0.1) is 0 Å². The van der Waals surface area contributed by atoms with Crippen LogP contribution in [0.5, 0.6) is 11.5 Å². The number of hydrogen-bond donors (Lipinski definition) is 1. The first-order valence-electron chi connectivity index (χ1n) is 15.2. The molecule has 0 aliphatic carbocycles. The van der Waals surface area contributed by atoms with Crippen LogP contribution < -0.4 is 14.8 Å². The predicted molar refractivity (Wildman–Crippen MR) is 172 cm³/mol. The third kappa shape index (κ3) is 6.26. The fourth-order valence-electron chi connectivity index (χ4n) is 6.19. The highest BCUT2D eigenvalue weighted by Gasteiger charge is 2.64. The number of esters is 2. The number of methoxy groups -OCH3 is 3. The standard InChI is InChI=1S/C38H31NO9/c1-44-30-21-28(16-10-24-7-13-26(14-8-24)37(43)46-3)31(22-27(30)15-9-23-5-11-25(12-6-23)36(42)45-2)47-20-4-18-38-19-17-29(48-38)32-33(38)35(41)39-34(32)40/h5-8,11-14,17,19,21-22,29,32-33H,4,18,20H2,1-3H3,(H,39,40,41). The monoisotopic (exact) mass is 645 g/mol. The second-order valence-electron chi connectivity index (χ2n) is 11.4. The summed E-state index contributed by atoms with van der Waals surface area (Å²) in [5, 5.41) is 2.45. The van der Waals surface area contributed by atoms with Crippen molar-refractivity contribution in [2.75, 3.05) is 27.9 Å². The van der Waals surface area contributed by atoms with Crippen LogP contribution in [0, 0.1) is 35.5 Å². The second kappa shape index (κ2) is 13.5. The number of carbonyl (C=O) groups excluding carboxylic acids is 4. The Hall–Kier alpha value is -5.84. The first-order chi connectivity index (χ1) is 23.2. The lowest BCUT2D eigenvalue weighted by molar-refractivity contribution is -0.130. The van der Waals surface area contributed by atoms with Gasteiger partial charge >= 0.3 is 11.9 Å². The highest BCUT2D eigenvalue weighted by atomic mass is 16.5. The van der Waals surface area contributed by atoms with Crippen LogP contribution >= 0.6 is 0 Å². The van der Waals surface area contributed by atoms with Gasteiger partial charge in [0.05, 0.1) is 73.7 Å². The number of fused-ring (bicyclic) bond motifs is 5. The Morgan fingerprint density at radius 1 is 0.792 bits per heavy atom. The molecule has 0 spiro atoms. The van der Waals surface area contributed by atoms with Crippen molar-refractivity contribution in [3.05, 3.63) is 106 Å². The highest BCUT2D eigenvalue weighted by Crippen LogP contribution is 2.51. The fraction of sp³-hybridized carbons (Fsp3) is 0.263. The SMILES string of the molecule is COC(=O)c1ccc(C#Cc2cc(OCCCC34C=CC(O3)C3C(=O)NC(=O)C34)c(C#Cc3ccc(C(=O)OC)cc3)cc2OC)cc1. The van der Waals surface area contributed by atoms with Crippen LogP contribution in [-0.2, 0) is 23.8 Å². The molecular formula is C38H31NO9. The third-order valence-electron chi connectivity index (χ3n) is 8.56. The summed E-state index contributed by atoms with van der Waals surface area (Å²) in [7, 11) is 4.19. The first-order valence-corrected chi connectivity index (χ1v) is 15.2. The van der Waals surface area contributed by atoms with Gasteiger partial charge in [0.2, 0.25) is 11.8 Å². The number of hydrogen-bond acceptors (Lipinski definition) is 9. The fourth-order valence-corrected chi connectivity index (χ4v) is 6.19. The number of rotatable bonds is 8. The largest absolute Gasteiger partial charge is 0.495 e. The topological polar surface area (TPSA) is 126 Å². The van der Waals surface area contributed by atoms with Gasteiger partial charge in [-0.25, -0.2) is 9.59 Å². The number of amides is 2. The van der Waals surface area contributed by atoms with E-state index < -0.39 is 35.5 Å². The lowest BCUT2D eigenvalue weighted by Gasteiger charge is -2.28. The maximum absolute atomic E-state index is 12.6. The zero-order valence-corrected chi connectivity index (χ0v) is 26.5. The summed E-state index contributed by atoms with van der Waals surface area (Å²) in [5.74, 6) is 10.9. The van der Waals surface area contributed by atoms with E-state index in [-0.39, 0.29) is 18.4 Å². The Labute approximate surface area is 277 Å². The Kier molecular flexibility index (Phi) is 9.02. The molecule has 6 rings (SSSR count). The number of ether oxygens (including phenoxy) is 5. The molecule has 2 bridgehead atoms. The molecule has 2 amide bonds. The second-order valence-corrected chi connectivity index (χ2v) is 11.4. The highest BCUT2D eigenvalue weighted by molar-refractivity contribution is 6.07. The Morgan fingerprint density at radius 3 is 1.92 bits per heavy atom. The number of benzene rings is 3. The molecule has 48 heavy (non-hydrogen) atoms. The van der Waals surface area contributed by atoms with Crippen molar-refractivity contribution in [1.29, 1.82) is 0 Å². The van der Waals surface area contributed by atoms with E-state index in [9.17, 15) is 19.2 Å². The van der Waals surface area contributed by atoms with Crippen LogP contribution in [0.2, 0.25) is 0 Å². The van der Waals surface area contributed by atoms with Crippen molar-refractivity contribution in [3.8, 4) is 35.2 Å². The maximum Gasteiger partial charge on any atom is 0.337 e. The van der Waals surface area contributed by atoms with E-state index >= 15 is 0 Å². The number of imide groups is 1. The van der Waals surface area contributed by atoms with Crippen LogP contribution in [0.15, 0.2) is 72.8 Å². The molecule has 0 saturated carbocycles. The average Bonchev–Trinajstić information content (AvgIpc) is 3.78. The zero-order chi connectivity index (χ0) is 33.8. The maximum atomic E-state index is 12.6. The molecule has 3 aliphatic heterocycles. The summed E-state index contributed by atoms with van der Waals surface area (Å²) in [6, 6.07) is 17.0. The lowest BCUT2D eigenvalue weighted by atomic mass is 9.75. The van der Waals surface area contributed by atoms with Crippen molar-refractivity contribution in [1.82, 2.24) is 5.32 Å². The van der Waals surface area contributed by atoms with E-state index in [1.807, 2.05) is 12.2 Å². The minimum absolute atomic E-state index is 0.271. The van der Waals surface area contributed by atoms with Gasteiger partial charge in [0.1, 0.15) is 11.5 Å². The van der Waals surface area contributed by atoms with Gasteiger partial charge in [-0.2, -0.15) is 0 Å². The van der Waals surface area contributed by atoms with Gasteiger partial charge in [-0.1, -0.05) is 35.8 Å². The van der Waals surface area contributed by atoms with Crippen LogP contribution in [0.25, 0.3) is 0 Å². The minimum atomic E-state index is -0.839. The van der Waals surface area contributed by atoms with E-state index in [0.29, 0.717) is 57.7 Å². The van der Waals surface area contributed by atoms with Crippen molar-refractivity contribution in [2.24, 2.45) is 11.8 Å². The summed E-state index contributed by atoms with van der Waals surface area (Å²) in [4.78, 5) is 48.5. The van der Waals surface area contributed by atoms with E-state index in [1.165, 1.54) is 21.3 Å². The quantitative estimate of drug-likeness (QED) is 0.128. The minimum Gasteiger partial charge on any atom is -0.495 e. The summed E-state index contributed by atoms with van der Waals surface area (Å²) in [6.07, 6.45) is 4.38. The Bertz CT molecular complexity index is 1940. The van der Waals surface area contributed by atoms with Gasteiger partial charge in [-0.3, -0.25) is 14.9 Å². The molecule has 4 unspecified atom stereocenters. The van der Waals surface area contributed by atoms with E-state index in [0.717, 1.165) is 0 Å². The normalized spacial score (nSPS) is 21.3. The summed E-state index contributed by atoms with van der Waals surface area (Å²) in [6.45, 7) is 0.271. The molecule has 2 fully saturated rings. The molecule has 0 aromatic heterocycles. The van der Waals surface area contributed by atoms with E-state index in [1.54, 1.807) is 60.7 Å². The Morgan fingerprint density at radius 2 is 1.35 bits per heavy atom.